The van der Waals surface area contributed by atoms with E-state index in [2.05, 4.69) is 22.2 Å². The molecule has 0 saturated carbocycles. The van der Waals surface area contributed by atoms with Gasteiger partial charge in [0.2, 0.25) is 5.91 Å². The van der Waals surface area contributed by atoms with Gasteiger partial charge in [0.25, 0.3) is 0 Å². The van der Waals surface area contributed by atoms with Crippen LogP contribution in [0.2, 0.25) is 0 Å². The molecule has 17 heavy (non-hydrogen) atoms. The molecule has 0 aromatic carbocycles. The van der Waals surface area contributed by atoms with Gasteiger partial charge in [-0.1, -0.05) is 33.1 Å². The average molecular weight is 237 g/mol. The molecule has 1 unspecified atom stereocenters. The lowest BCUT2D eigenvalue weighted by Crippen LogP contribution is -2.28. The number of nitrogens with one attached hydrogen (secondary N) is 2. The zero-order chi connectivity index (χ0) is 12.5. The summed E-state index contributed by atoms with van der Waals surface area (Å²) in [6.45, 7) is 4.22. The fraction of sp³-hybridized carbons (Fsp3) is 0.692. The van der Waals surface area contributed by atoms with E-state index in [-0.39, 0.29) is 11.9 Å². The first kappa shape index (κ1) is 13.7. The van der Waals surface area contributed by atoms with Crippen molar-refractivity contribution in [1.29, 1.82) is 0 Å². The van der Waals surface area contributed by atoms with Crippen LogP contribution in [0.4, 0.5) is 0 Å². The van der Waals surface area contributed by atoms with Crippen LogP contribution in [0.5, 0.6) is 0 Å². The number of unbranched alkanes of at least 4 members (excludes halogenated alkanes) is 3. The average Bonchev–Trinajstić information content (AvgIpc) is 2.85. The number of imidazole rings is 1. The normalized spacial score (nSPS) is 12.4. The van der Waals surface area contributed by atoms with Gasteiger partial charge in [-0.2, -0.15) is 0 Å². The second-order valence-corrected chi connectivity index (χ2v) is 4.31. The predicted molar refractivity (Wildman–Crippen MR) is 68.5 cm³/mol. The molecule has 1 rings (SSSR count). The van der Waals surface area contributed by atoms with Gasteiger partial charge in [0.1, 0.15) is 5.82 Å². The summed E-state index contributed by atoms with van der Waals surface area (Å²) in [5.74, 6) is 0.971. The minimum atomic E-state index is 0.0173. The Labute approximate surface area is 103 Å². The van der Waals surface area contributed by atoms with Crippen LogP contribution in [0.15, 0.2) is 12.4 Å². The zero-order valence-corrected chi connectivity index (χ0v) is 10.8. The van der Waals surface area contributed by atoms with Crippen molar-refractivity contribution in [2.75, 3.05) is 0 Å². The van der Waals surface area contributed by atoms with E-state index in [4.69, 9.17) is 0 Å². The predicted octanol–water partition coefficient (Wildman–Crippen LogP) is 2.95. The highest BCUT2D eigenvalue weighted by Crippen LogP contribution is 2.12. The number of hydrogen-bond acceptors (Lipinski definition) is 2. The zero-order valence-electron chi connectivity index (χ0n) is 10.8. The molecule has 4 nitrogen and oxygen atoms in total. The maximum absolute atomic E-state index is 11.7. The Bertz CT molecular complexity index is 308. The van der Waals surface area contributed by atoms with E-state index in [9.17, 15) is 4.79 Å². The number of aromatic amines is 1. The van der Waals surface area contributed by atoms with E-state index in [1.165, 1.54) is 12.8 Å². The topological polar surface area (TPSA) is 57.8 Å². The minimum Gasteiger partial charge on any atom is -0.347 e. The minimum absolute atomic E-state index is 0.0173. The van der Waals surface area contributed by atoms with Gasteiger partial charge in [-0.15, -0.1) is 0 Å². The quantitative estimate of drug-likeness (QED) is 0.683. The molecule has 0 bridgehead atoms. The number of carbonyl (C=O) groups is 1. The fourth-order valence-corrected chi connectivity index (χ4v) is 1.81. The summed E-state index contributed by atoms with van der Waals surface area (Å²) in [6, 6.07) is 0.0173. The molecule has 1 atom stereocenters. The van der Waals surface area contributed by atoms with Gasteiger partial charge in [0.15, 0.2) is 0 Å². The lowest BCUT2D eigenvalue weighted by atomic mass is 10.1. The van der Waals surface area contributed by atoms with Gasteiger partial charge < -0.3 is 10.3 Å². The number of nitrogens with zero attached hydrogens (tertiary/aromatic N) is 1. The smallest absolute Gasteiger partial charge is 0.220 e. The van der Waals surface area contributed by atoms with E-state index >= 15 is 0 Å². The molecule has 0 fully saturated rings. The lowest BCUT2D eigenvalue weighted by Gasteiger charge is -2.14. The summed E-state index contributed by atoms with van der Waals surface area (Å²) in [5.41, 5.74) is 0. The molecule has 0 radical (unpaired) electrons. The Morgan fingerprint density at radius 1 is 1.41 bits per heavy atom. The number of H-pyrrole nitrogens is 1. The Morgan fingerprint density at radius 3 is 2.82 bits per heavy atom. The van der Waals surface area contributed by atoms with Crippen LogP contribution in [0.3, 0.4) is 0 Å². The second kappa shape index (κ2) is 7.87. The molecule has 1 aromatic heterocycles. The molecule has 0 spiro atoms. The highest BCUT2D eigenvalue weighted by Gasteiger charge is 2.13. The molecule has 1 amide bonds. The van der Waals surface area contributed by atoms with E-state index in [0.717, 1.165) is 25.1 Å². The number of amides is 1. The van der Waals surface area contributed by atoms with Gasteiger partial charge >= 0.3 is 0 Å². The molecule has 0 aliphatic carbocycles. The Kier molecular flexibility index (Phi) is 6.37. The van der Waals surface area contributed by atoms with Crippen molar-refractivity contribution >= 4 is 5.91 Å². The second-order valence-electron chi connectivity index (χ2n) is 4.31. The van der Waals surface area contributed by atoms with Crippen molar-refractivity contribution in [3.63, 3.8) is 0 Å². The van der Waals surface area contributed by atoms with Crippen molar-refractivity contribution in [2.45, 2.75) is 58.4 Å². The summed E-state index contributed by atoms with van der Waals surface area (Å²) in [6.07, 6.45) is 9.51. The van der Waals surface area contributed by atoms with Crippen LogP contribution < -0.4 is 5.32 Å². The van der Waals surface area contributed by atoms with Gasteiger partial charge in [-0.3, -0.25) is 4.79 Å². The summed E-state index contributed by atoms with van der Waals surface area (Å²) in [7, 11) is 0. The van der Waals surface area contributed by atoms with Crippen LogP contribution >= 0.6 is 0 Å². The molecule has 0 aliphatic rings. The Balaban J connectivity index is 2.28. The third-order valence-corrected chi connectivity index (χ3v) is 2.85. The SMILES string of the molecule is CCCCCCC(=O)NC(CC)c1ncc[nH]1. The molecular weight excluding hydrogens is 214 g/mol. The molecule has 1 heterocycles. The molecule has 2 N–H and O–H groups in total. The standard InChI is InChI=1S/C13H23N3O/c1-3-5-6-7-8-12(17)16-11(4-2)13-14-9-10-15-13/h9-11H,3-8H2,1-2H3,(H,14,15)(H,16,17). The first-order chi connectivity index (χ1) is 8.27. The molecule has 1 aromatic rings. The molecule has 4 heteroatoms. The summed E-state index contributed by atoms with van der Waals surface area (Å²) < 4.78 is 0. The van der Waals surface area contributed by atoms with Crippen molar-refractivity contribution < 1.29 is 4.79 Å². The van der Waals surface area contributed by atoms with Crippen LogP contribution in [-0.4, -0.2) is 15.9 Å². The van der Waals surface area contributed by atoms with Crippen LogP contribution in [0.25, 0.3) is 0 Å². The number of aromatic nitrogens is 2. The first-order valence-electron chi connectivity index (χ1n) is 6.56. The molecule has 96 valence electrons. The maximum atomic E-state index is 11.7. The number of hydrogen-bond donors (Lipinski definition) is 2. The first-order valence-corrected chi connectivity index (χ1v) is 6.56. The van der Waals surface area contributed by atoms with Crippen LogP contribution in [0.1, 0.15) is 64.2 Å². The van der Waals surface area contributed by atoms with Crippen LogP contribution in [-0.2, 0) is 4.79 Å². The van der Waals surface area contributed by atoms with Crippen molar-refractivity contribution in [2.24, 2.45) is 0 Å². The molecular formula is C13H23N3O. The summed E-state index contributed by atoms with van der Waals surface area (Å²) in [4.78, 5) is 18.9. The van der Waals surface area contributed by atoms with E-state index in [0.29, 0.717) is 6.42 Å². The highest BCUT2D eigenvalue weighted by atomic mass is 16.1. The number of rotatable bonds is 8. The Hall–Kier alpha value is -1.32. The summed E-state index contributed by atoms with van der Waals surface area (Å²) >= 11 is 0. The molecule has 0 saturated heterocycles. The third-order valence-electron chi connectivity index (χ3n) is 2.85. The fourth-order valence-electron chi connectivity index (χ4n) is 1.81. The highest BCUT2D eigenvalue weighted by molar-refractivity contribution is 5.76. The Morgan fingerprint density at radius 2 is 2.24 bits per heavy atom. The lowest BCUT2D eigenvalue weighted by molar-refractivity contribution is -0.122. The van der Waals surface area contributed by atoms with Gasteiger partial charge in [0, 0.05) is 18.8 Å². The van der Waals surface area contributed by atoms with Crippen molar-refractivity contribution in [3.05, 3.63) is 18.2 Å². The largest absolute Gasteiger partial charge is 0.347 e. The van der Waals surface area contributed by atoms with Gasteiger partial charge in [-0.25, -0.2) is 4.98 Å². The van der Waals surface area contributed by atoms with Crippen LogP contribution in [0, 0.1) is 0 Å². The van der Waals surface area contributed by atoms with Gasteiger partial charge in [-0.05, 0) is 12.8 Å². The molecule has 0 aliphatic heterocycles. The maximum Gasteiger partial charge on any atom is 0.220 e. The van der Waals surface area contributed by atoms with E-state index in [1.54, 1.807) is 12.4 Å². The van der Waals surface area contributed by atoms with E-state index in [1.807, 2.05) is 6.92 Å². The van der Waals surface area contributed by atoms with Crippen molar-refractivity contribution in [1.82, 2.24) is 15.3 Å². The summed E-state index contributed by atoms with van der Waals surface area (Å²) in [5, 5.41) is 3.01. The number of carbonyl (C=O) groups excluding carboxylic acids is 1. The monoisotopic (exact) mass is 237 g/mol. The third kappa shape index (κ3) is 5.02. The van der Waals surface area contributed by atoms with Crippen molar-refractivity contribution in [3.8, 4) is 0 Å². The van der Waals surface area contributed by atoms with Gasteiger partial charge in [0.05, 0.1) is 6.04 Å². The van der Waals surface area contributed by atoms with E-state index < -0.39 is 0 Å².